The smallest absolute Gasteiger partial charge is 0.340 e. The highest BCUT2D eigenvalue weighted by molar-refractivity contribution is 5.96. The molecule has 0 saturated carbocycles. The zero-order valence-electron chi connectivity index (χ0n) is 12.0. The number of rotatable bonds is 3. The highest BCUT2D eigenvalue weighted by atomic mass is 16.5. The number of hydrogen-bond donors (Lipinski definition) is 0. The summed E-state index contributed by atoms with van der Waals surface area (Å²) in [6.45, 7) is 2.09. The molecule has 0 saturated heterocycles. The molecule has 0 radical (unpaired) electrons. The molecule has 0 N–H and O–H groups in total. The molecule has 2 aromatic heterocycles. The van der Waals surface area contributed by atoms with Crippen LogP contribution in [-0.4, -0.2) is 22.5 Å². The molecule has 4 heteroatoms. The van der Waals surface area contributed by atoms with Gasteiger partial charge in [0.05, 0.1) is 24.4 Å². The van der Waals surface area contributed by atoms with Gasteiger partial charge in [0.25, 0.3) is 0 Å². The zero-order chi connectivity index (χ0) is 14.8. The lowest BCUT2D eigenvalue weighted by atomic mass is 10.1. The number of nitrogens with zero attached hydrogens (tertiary/aromatic N) is 2. The first-order valence-electron chi connectivity index (χ1n) is 6.78. The van der Waals surface area contributed by atoms with Crippen molar-refractivity contribution in [3.05, 3.63) is 71.3 Å². The zero-order valence-corrected chi connectivity index (χ0v) is 12.0. The average Bonchev–Trinajstić information content (AvgIpc) is 2.92. The van der Waals surface area contributed by atoms with Crippen molar-refractivity contribution in [2.24, 2.45) is 0 Å². The van der Waals surface area contributed by atoms with Crippen LogP contribution >= 0.6 is 0 Å². The number of pyridine rings is 1. The second-order valence-corrected chi connectivity index (χ2v) is 4.95. The molecule has 3 aromatic rings. The highest BCUT2D eigenvalue weighted by Crippen LogP contribution is 2.17. The van der Waals surface area contributed by atoms with Crippen molar-refractivity contribution in [3.8, 4) is 0 Å². The van der Waals surface area contributed by atoms with Gasteiger partial charge in [-0.3, -0.25) is 0 Å². The Kier molecular flexibility index (Phi) is 3.44. The molecule has 0 unspecified atom stereocenters. The topological polar surface area (TPSA) is 43.6 Å². The number of imidazole rings is 1. The number of fused-ring (bicyclic) bond motifs is 1. The number of aryl methyl sites for hydroxylation is 1. The van der Waals surface area contributed by atoms with Gasteiger partial charge in [-0.25, -0.2) is 9.78 Å². The first kappa shape index (κ1) is 13.4. The summed E-state index contributed by atoms with van der Waals surface area (Å²) < 4.78 is 6.75. The van der Waals surface area contributed by atoms with Gasteiger partial charge in [0.1, 0.15) is 5.82 Å². The summed E-state index contributed by atoms with van der Waals surface area (Å²) >= 11 is 0. The summed E-state index contributed by atoms with van der Waals surface area (Å²) in [7, 11) is 1.39. The van der Waals surface area contributed by atoms with Gasteiger partial charge in [-0.15, -0.1) is 0 Å². The quantitative estimate of drug-likeness (QED) is 0.693. The van der Waals surface area contributed by atoms with Crippen LogP contribution in [0.2, 0.25) is 0 Å². The molecule has 0 spiro atoms. The Labute approximate surface area is 123 Å². The standard InChI is InChI=1S/C17H16N2O2/c1-12-6-3-4-7-13(12)10-16-18-11-15-14(17(20)21-2)8-5-9-19(15)16/h3-9,11H,10H2,1-2H3. The van der Waals surface area contributed by atoms with Crippen molar-refractivity contribution in [2.45, 2.75) is 13.3 Å². The minimum atomic E-state index is -0.344. The lowest BCUT2D eigenvalue weighted by Crippen LogP contribution is -2.04. The maximum Gasteiger partial charge on any atom is 0.340 e. The van der Waals surface area contributed by atoms with Crippen molar-refractivity contribution in [2.75, 3.05) is 7.11 Å². The third-order valence-corrected chi connectivity index (χ3v) is 3.66. The van der Waals surface area contributed by atoms with E-state index in [0.29, 0.717) is 5.56 Å². The molecule has 2 heterocycles. The van der Waals surface area contributed by atoms with E-state index in [-0.39, 0.29) is 5.97 Å². The monoisotopic (exact) mass is 280 g/mol. The van der Waals surface area contributed by atoms with Crippen molar-refractivity contribution in [3.63, 3.8) is 0 Å². The van der Waals surface area contributed by atoms with Crippen LogP contribution in [0, 0.1) is 6.92 Å². The van der Waals surface area contributed by atoms with Gasteiger partial charge in [0.15, 0.2) is 0 Å². The lowest BCUT2D eigenvalue weighted by Gasteiger charge is -2.06. The predicted molar refractivity (Wildman–Crippen MR) is 80.5 cm³/mol. The van der Waals surface area contributed by atoms with E-state index >= 15 is 0 Å². The van der Waals surface area contributed by atoms with Crippen molar-refractivity contribution in [1.82, 2.24) is 9.38 Å². The number of aromatic nitrogens is 2. The minimum absolute atomic E-state index is 0.344. The Morgan fingerprint density at radius 1 is 1.24 bits per heavy atom. The van der Waals surface area contributed by atoms with Gasteiger partial charge in [0.2, 0.25) is 0 Å². The molecule has 0 amide bonds. The van der Waals surface area contributed by atoms with Crippen molar-refractivity contribution >= 4 is 11.5 Å². The second kappa shape index (κ2) is 5.40. The van der Waals surface area contributed by atoms with Crippen LogP contribution in [0.15, 0.2) is 48.8 Å². The predicted octanol–water partition coefficient (Wildman–Crippen LogP) is 3.02. The number of benzene rings is 1. The van der Waals surface area contributed by atoms with Gasteiger partial charge < -0.3 is 9.14 Å². The Hall–Kier alpha value is -2.62. The van der Waals surface area contributed by atoms with Gasteiger partial charge >= 0.3 is 5.97 Å². The van der Waals surface area contributed by atoms with Gasteiger partial charge in [-0.05, 0) is 30.2 Å². The summed E-state index contributed by atoms with van der Waals surface area (Å²) in [5, 5.41) is 0. The van der Waals surface area contributed by atoms with E-state index in [1.54, 1.807) is 12.3 Å². The summed E-state index contributed by atoms with van der Waals surface area (Å²) in [6, 6.07) is 11.8. The molecular formula is C17H16N2O2. The van der Waals surface area contributed by atoms with E-state index in [0.717, 1.165) is 17.8 Å². The number of esters is 1. The van der Waals surface area contributed by atoms with Crippen LogP contribution in [0.3, 0.4) is 0 Å². The lowest BCUT2D eigenvalue weighted by molar-refractivity contribution is 0.0602. The molecule has 0 aliphatic heterocycles. The van der Waals surface area contributed by atoms with Crippen LogP contribution < -0.4 is 0 Å². The summed E-state index contributed by atoms with van der Waals surface area (Å²) in [5.41, 5.74) is 3.77. The normalized spacial score (nSPS) is 10.8. The van der Waals surface area contributed by atoms with Crippen LogP contribution in [0.1, 0.15) is 27.3 Å². The van der Waals surface area contributed by atoms with Gasteiger partial charge in [-0.1, -0.05) is 24.3 Å². The van der Waals surface area contributed by atoms with Gasteiger partial charge in [0, 0.05) is 12.6 Å². The number of ether oxygens (including phenoxy) is 1. The molecule has 106 valence electrons. The fourth-order valence-corrected chi connectivity index (χ4v) is 2.47. The van der Waals surface area contributed by atoms with Crippen LogP contribution in [-0.2, 0) is 11.2 Å². The molecule has 0 bridgehead atoms. The average molecular weight is 280 g/mol. The number of carbonyl (C=O) groups is 1. The van der Waals surface area contributed by atoms with Gasteiger partial charge in [-0.2, -0.15) is 0 Å². The fraction of sp³-hybridized carbons (Fsp3) is 0.176. The molecule has 0 fully saturated rings. The molecule has 0 atom stereocenters. The van der Waals surface area contributed by atoms with E-state index in [4.69, 9.17) is 4.74 Å². The molecular weight excluding hydrogens is 264 g/mol. The summed E-state index contributed by atoms with van der Waals surface area (Å²) in [5.74, 6) is 0.563. The van der Waals surface area contributed by atoms with E-state index in [1.807, 2.05) is 28.8 Å². The first-order chi connectivity index (χ1) is 10.2. The Morgan fingerprint density at radius 3 is 2.81 bits per heavy atom. The molecule has 4 nitrogen and oxygen atoms in total. The summed E-state index contributed by atoms with van der Waals surface area (Å²) in [6.07, 6.45) is 4.37. The van der Waals surface area contributed by atoms with E-state index in [9.17, 15) is 4.79 Å². The Balaban J connectivity index is 2.05. The van der Waals surface area contributed by atoms with Crippen molar-refractivity contribution in [1.29, 1.82) is 0 Å². The third-order valence-electron chi connectivity index (χ3n) is 3.66. The Bertz CT molecular complexity index is 805. The second-order valence-electron chi connectivity index (χ2n) is 4.95. The third kappa shape index (κ3) is 2.40. The van der Waals surface area contributed by atoms with Crippen LogP contribution in [0.5, 0.6) is 0 Å². The van der Waals surface area contributed by atoms with E-state index in [1.165, 1.54) is 18.2 Å². The van der Waals surface area contributed by atoms with E-state index < -0.39 is 0 Å². The number of methoxy groups -OCH3 is 1. The highest BCUT2D eigenvalue weighted by Gasteiger charge is 2.13. The molecule has 0 aliphatic rings. The first-order valence-corrected chi connectivity index (χ1v) is 6.78. The number of carbonyl (C=O) groups excluding carboxylic acids is 1. The van der Waals surface area contributed by atoms with Crippen LogP contribution in [0.25, 0.3) is 5.52 Å². The fourth-order valence-electron chi connectivity index (χ4n) is 2.47. The largest absolute Gasteiger partial charge is 0.465 e. The minimum Gasteiger partial charge on any atom is -0.465 e. The Morgan fingerprint density at radius 2 is 2.05 bits per heavy atom. The SMILES string of the molecule is COC(=O)c1cccn2c(Cc3ccccc3C)ncc12. The summed E-state index contributed by atoms with van der Waals surface area (Å²) in [4.78, 5) is 16.3. The molecule has 0 aliphatic carbocycles. The van der Waals surface area contributed by atoms with Crippen LogP contribution in [0.4, 0.5) is 0 Å². The van der Waals surface area contributed by atoms with E-state index in [2.05, 4.69) is 24.0 Å². The molecule has 3 rings (SSSR count). The number of hydrogen-bond acceptors (Lipinski definition) is 3. The maximum absolute atomic E-state index is 11.8. The maximum atomic E-state index is 11.8. The molecule has 21 heavy (non-hydrogen) atoms. The van der Waals surface area contributed by atoms with Crippen molar-refractivity contribution < 1.29 is 9.53 Å². The molecule has 1 aromatic carbocycles.